The molecule has 0 saturated carbocycles. The summed E-state index contributed by atoms with van der Waals surface area (Å²) in [6.07, 6.45) is 1.83. The van der Waals surface area contributed by atoms with Gasteiger partial charge in [-0.2, -0.15) is 5.26 Å². The summed E-state index contributed by atoms with van der Waals surface area (Å²) in [6.45, 7) is 0.163. The van der Waals surface area contributed by atoms with Gasteiger partial charge >= 0.3 is 0 Å². The van der Waals surface area contributed by atoms with Crippen molar-refractivity contribution < 1.29 is 0 Å². The van der Waals surface area contributed by atoms with Crippen LogP contribution in [0.1, 0.15) is 0 Å². The van der Waals surface area contributed by atoms with E-state index in [9.17, 15) is 0 Å². The van der Waals surface area contributed by atoms with E-state index >= 15 is 0 Å². The van der Waals surface area contributed by atoms with Crippen molar-refractivity contribution >= 4 is 12.2 Å². The molecule has 0 aliphatic rings. The van der Waals surface area contributed by atoms with Gasteiger partial charge in [-0.05, 0) is 18.3 Å². The summed E-state index contributed by atoms with van der Waals surface area (Å²) in [5, 5.41) is 8.36. The van der Waals surface area contributed by atoms with E-state index in [-0.39, 0.29) is 6.54 Å². The molecule has 0 aliphatic heterocycles. The van der Waals surface area contributed by atoms with E-state index < -0.39 is 0 Å². The van der Waals surface area contributed by atoms with E-state index in [1.807, 2.05) is 37.0 Å². The first-order chi connectivity index (χ1) is 6.16. The van der Waals surface area contributed by atoms with Crippen LogP contribution in [0.2, 0.25) is 0 Å². The van der Waals surface area contributed by atoms with Crippen molar-refractivity contribution in [1.29, 1.82) is 5.26 Å². The maximum Gasteiger partial charge on any atom is 0.180 e. The molecule has 1 aromatic rings. The zero-order chi connectivity index (χ0) is 9.84. The fourth-order valence-electron chi connectivity index (χ4n) is 0.964. The Bertz CT molecular complexity index is 460. The Hall–Kier alpha value is -1.41. The van der Waals surface area contributed by atoms with E-state index in [0.717, 1.165) is 5.49 Å². The molecule has 0 aromatic carbocycles. The number of nitriles is 1. The molecule has 0 radical (unpaired) electrons. The van der Waals surface area contributed by atoms with Gasteiger partial charge in [0.15, 0.2) is 4.77 Å². The van der Waals surface area contributed by atoms with Gasteiger partial charge in [0.2, 0.25) is 0 Å². The molecule has 0 bridgehead atoms. The topological polar surface area (TPSA) is 46.0 Å². The van der Waals surface area contributed by atoms with Gasteiger partial charge in [-0.25, -0.2) is 0 Å². The average molecular weight is 194 g/mol. The molecule has 5 heteroatoms. The lowest BCUT2D eigenvalue weighted by molar-refractivity contribution is 0.700. The molecule has 0 aliphatic carbocycles. The predicted molar refractivity (Wildman–Crippen MR) is 51.3 cm³/mol. The van der Waals surface area contributed by atoms with Crippen LogP contribution in [0.5, 0.6) is 0 Å². The molecule has 0 saturated heterocycles. The van der Waals surface area contributed by atoms with Gasteiger partial charge < -0.3 is 9.13 Å². The third kappa shape index (κ3) is 2.04. The van der Waals surface area contributed by atoms with Crippen LogP contribution in [-0.4, -0.2) is 15.7 Å². The summed E-state index contributed by atoms with van der Waals surface area (Å²) in [4.78, 5) is 4.05. The summed E-state index contributed by atoms with van der Waals surface area (Å²) in [5.74, 6) is 0. The Morgan fingerprint density at radius 3 is 2.92 bits per heavy atom. The lowest BCUT2D eigenvalue weighted by atomic mass is 10.6. The van der Waals surface area contributed by atoms with Crippen LogP contribution in [0.15, 0.2) is 17.3 Å². The van der Waals surface area contributed by atoms with Crippen molar-refractivity contribution in [2.24, 2.45) is 19.1 Å². The highest BCUT2D eigenvalue weighted by molar-refractivity contribution is 7.71. The molecule has 0 atom stereocenters. The van der Waals surface area contributed by atoms with Crippen molar-refractivity contribution in [3.8, 4) is 6.07 Å². The largest absolute Gasteiger partial charge is 0.328 e. The zero-order valence-corrected chi connectivity index (χ0v) is 8.38. The molecule has 13 heavy (non-hydrogen) atoms. The van der Waals surface area contributed by atoms with E-state index in [1.54, 1.807) is 4.57 Å². The molecule has 1 aromatic heterocycles. The number of aromatic nitrogens is 2. The SMILES string of the molecule is Cn1ccc(=NCC#N)n(C)c1=S. The van der Waals surface area contributed by atoms with Crippen molar-refractivity contribution in [3.05, 3.63) is 22.5 Å². The van der Waals surface area contributed by atoms with Crippen LogP contribution in [0.4, 0.5) is 0 Å². The maximum absolute atomic E-state index is 8.36. The monoisotopic (exact) mass is 194 g/mol. The number of rotatable bonds is 1. The molecule has 1 rings (SSSR count). The van der Waals surface area contributed by atoms with Crippen LogP contribution in [0, 0.1) is 16.1 Å². The van der Waals surface area contributed by atoms with E-state index in [1.165, 1.54) is 0 Å². The van der Waals surface area contributed by atoms with Crippen LogP contribution >= 0.6 is 12.2 Å². The van der Waals surface area contributed by atoms with Gasteiger partial charge in [-0.3, -0.25) is 4.99 Å². The molecule has 68 valence electrons. The van der Waals surface area contributed by atoms with Gasteiger partial charge in [0.05, 0.1) is 6.07 Å². The minimum Gasteiger partial charge on any atom is -0.328 e. The Balaban J connectivity index is 3.37. The summed E-state index contributed by atoms with van der Waals surface area (Å²) in [5.41, 5.74) is 0.727. The van der Waals surface area contributed by atoms with Crippen LogP contribution in [-0.2, 0) is 14.1 Å². The lowest BCUT2D eigenvalue weighted by Crippen LogP contribution is -2.21. The number of nitrogens with zero attached hydrogens (tertiary/aromatic N) is 4. The van der Waals surface area contributed by atoms with Crippen LogP contribution in [0.3, 0.4) is 0 Å². The lowest BCUT2D eigenvalue weighted by Gasteiger charge is -2.03. The third-order valence-electron chi connectivity index (χ3n) is 1.69. The first kappa shape index (κ1) is 9.68. The maximum atomic E-state index is 8.36. The minimum atomic E-state index is 0.163. The molecule has 0 spiro atoms. The summed E-state index contributed by atoms with van der Waals surface area (Å²) >= 11 is 5.12. The summed E-state index contributed by atoms with van der Waals surface area (Å²) in [7, 11) is 3.70. The normalized spacial score (nSPS) is 11.3. The van der Waals surface area contributed by atoms with Gasteiger partial charge in [0, 0.05) is 20.3 Å². The Morgan fingerprint density at radius 2 is 2.31 bits per heavy atom. The van der Waals surface area contributed by atoms with E-state index in [0.29, 0.717) is 4.77 Å². The smallest absolute Gasteiger partial charge is 0.180 e. The predicted octanol–water partition coefficient (Wildman–Crippen LogP) is 0.517. The molecular formula is C8H10N4S. The molecule has 0 N–H and O–H groups in total. The fraction of sp³-hybridized carbons (Fsp3) is 0.375. The highest BCUT2D eigenvalue weighted by Crippen LogP contribution is 1.83. The number of hydrogen-bond donors (Lipinski definition) is 0. The summed E-state index contributed by atoms with van der Waals surface area (Å²) < 4.78 is 4.27. The van der Waals surface area contributed by atoms with E-state index in [2.05, 4.69) is 4.99 Å². The molecule has 0 amide bonds. The molecule has 0 fully saturated rings. The second-order valence-corrected chi connectivity index (χ2v) is 2.97. The van der Waals surface area contributed by atoms with Gasteiger partial charge in [-0.1, -0.05) is 0 Å². The van der Waals surface area contributed by atoms with Gasteiger partial charge in [0.1, 0.15) is 12.0 Å². The molecule has 4 nitrogen and oxygen atoms in total. The highest BCUT2D eigenvalue weighted by atomic mass is 32.1. The zero-order valence-electron chi connectivity index (χ0n) is 7.56. The summed E-state index contributed by atoms with van der Waals surface area (Å²) in [6, 6.07) is 3.78. The molecule has 0 unspecified atom stereocenters. The highest BCUT2D eigenvalue weighted by Gasteiger charge is 1.90. The number of hydrogen-bond acceptors (Lipinski definition) is 3. The molecule has 1 heterocycles. The van der Waals surface area contributed by atoms with Crippen molar-refractivity contribution in [2.75, 3.05) is 6.54 Å². The second-order valence-electron chi connectivity index (χ2n) is 2.60. The van der Waals surface area contributed by atoms with Crippen molar-refractivity contribution in [3.63, 3.8) is 0 Å². The van der Waals surface area contributed by atoms with Crippen LogP contribution in [0.25, 0.3) is 0 Å². The fourth-order valence-corrected chi connectivity index (χ4v) is 1.12. The van der Waals surface area contributed by atoms with Crippen molar-refractivity contribution in [1.82, 2.24) is 9.13 Å². The van der Waals surface area contributed by atoms with Gasteiger partial charge in [-0.15, -0.1) is 0 Å². The standard InChI is InChI=1S/C8H10N4S/c1-11-6-3-7(10-5-4-9)12(2)8(11)13/h3,6H,5H2,1-2H3. The quantitative estimate of drug-likeness (QED) is 0.483. The minimum absolute atomic E-state index is 0.163. The van der Waals surface area contributed by atoms with E-state index in [4.69, 9.17) is 17.5 Å². The number of aryl methyl sites for hydroxylation is 1. The third-order valence-corrected chi connectivity index (χ3v) is 2.25. The second kappa shape index (κ2) is 4.01. The Labute approximate surface area is 81.4 Å². The average Bonchev–Trinajstić information content (AvgIpc) is 2.13. The van der Waals surface area contributed by atoms with Crippen molar-refractivity contribution in [2.45, 2.75) is 0 Å². The van der Waals surface area contributed by atoms with Crippen LogP contribution < -0.4 is 5.49 Å². The first-order valence-electron chi connectivity index (χ1n) is 3.77. The molecular weight excluding hydrogens is 184 g/mol. The van der Waals surface area contributed by atoms with Gasteiger partial charge in [0.25, 0.3) is 0 Å². The first-order valence-corrected chi connectivity index (χ1v) is 4.17. The Kier molecular flexibility index (Phi) is 2.98. The Morgan fingerprint density at radius 1 is 1.62 bits per heavy atom.